The van der Waals surface area contributed by atoms with Gasteiger partial charge in [-0.05, 0) is 63.9 Å². The van der Waals surface area contributed by atoms with E-state index < -0.39 is 0 Å². The van der Waals surface area contributed by atoms with Crippen LogP contribution in [0.3, 0.4) is 0 Å². The molecule has 7 aromatic carbocycles. The third kappa shape index (κ3) is 3.13. The Kier molecular flexibility index (Phi) is 4.82. The minimum absolute atomic E-state index is 0.129. The van der Waals surface area contributed by atoms with Crippen LogP contribution in [0, 0.1) is 0 Å². The number of hydrogen-bond donors (Lipinski definition) is 0. The predicted octanol–water partition coefficient (Wildman–Crippen LogP) is 11.3. The Labute approximate surface area is 261 Å². The zero-order chi connectivity index (χ0) is 29.9. The lowest BCUT2D eigenvalue weighted by atomic mass is 9.80. The molecule has 1 aliphatic rings. The topological polar surface area (TPSA) is 9.86 Å². The molecule has 0 bridgehead atoms. The lowest BCUT2D eigenvalue weighted by Gasteiger charge is -2.23. The Morgan fingerprint density at radius 1 is 0.467 bits per heavy atom. The first kappa shape index (κ1) is 24.8. The smallest absolute Gasteiger partial charge is 0.0622 e. The Hall–Kier alpha value is -5.60. The first-order valence-electron chi connectivity index (χ1n) is 15.8. The van der Waals surface area contributed by atoms with Crippen molar-refractivity contribution in [2.45, 2.75) is 19.3 Å². The highest BCUT2D eigenvalue weighted by atomic mass is 15.0. The average molecular weight is 575 g/mol. The summed E-state index contributed by atoms with van der Waals surface area (Å²) in [6, 6.07) is 53.6. The fourth-order valence-corrected chi connectivity index (χ4v) is 8.43. The lowest BCUT2D eigenvalue weighted by molar-refractivity contribution is 0.666. The molecule has 2 heterocycles. The van der Waals surface area contributed by atoms with Gasteiger partial charge in [0.05, 0.1) is 27.8 Å². The summed E-state index contributed by atoms with van der Waals surface area (Å²) in [6.07, 6.45) is 0. The first-order chi connectivity index (χ1) is 22.1. The standard InChI is InChI=1S/C43H30N2/c1-43(2)34-26-25-31-30-17-8-10-19-35(30)45(42(31)39(34)33-24-23-27-13-6-7-16-29(27)41(33)43)38-22-12-21-37-40(38)32-18-9-11-20-36(32)44(37)28-14-4-3-5-15-28/h3-26H,1-2H3. The molecule has 0 aliphatic heterocycles. The van der Waals surface area contributed by atoms with Gasteiger partial charge in [-0.15, -0.1) is 0 Å². The van der Waals surface area contributed by atoms with Gasteiger partial charge >= 0.3 is 0 Å². The van der Waals surface area contributed by atoms with E-state index in [2.05, 4.69) is 169 Å². The molecule has 2 aromatic heterocycles. The quantitative estimate of drug-likeness (QED) is 0.194. The van der Waals surface area contributed by atoms with Crippen LogP contribution in [0.15, 0.2) is 146 Å². The van der Waals surface area contributed by atoms with E-state index in [-0.39, 0.29) is 5.41 Å². The predicted molar refractivity (Wildman–Crippen MR) is 190 cm³/mol. The Balaban J connectivity index is 1.41. The van der Waals surface area contributed by atoms with Crippen LogP contribution < -0.4 is 0 Å². The van der Waals surface area contributed by atoms with E-state index in [4.69, 9.17) is 0 Å². The Bertz CT molecular complexity index is 2670. The van der Waals surface area contributed by atoms with Crippen LogP contribution in [0.5, 0.6) is 0 Å². The Morgan fingerprint density at radius 2 is 1.13 bits per heavy atom. The number of para-hydroxylation sites is 3. The zero-order valence-electron chi connectivity index (χ0n) is 25.3. The molecule has 0 amide bonds. The summed E-state index contributed by atoms with van der Waals surface area (Å²) in [6.45, 7) is 4.80. The van der Waals surface area contributed by atoms with Gasteiger partial charge in [0.25, 0.3) is 0 Å². The van der Waals surface area contributed by atoms with Gasteiger partial charge in [0.1, 0.15) is 0 Å². The van der Waals surface area contributed by atoms with Gasteiger partial charge in [0.15, 0.2) is 0 Å². The van der Waals surface area contributed by atoms with E-state index in [1.165, 1.54) is 88.0 Å². The highest BCUT2D eigenvalue weighted by Gasteiger charge is 2.39. The van der Waals surface area contributed by atoms with E-state index in [1.807, 2.05) is 0 Å². The van der Waals surface area contributed by atoms with Crippen LogP contribution in [0.1, 0.15) is 25.0 Å². The van der Waals surface area contributed by atoms with Gasteiger partial charge in [-0.3, -0.25) is 0 Å². The second-order valence-corrected chi connectivity index (χ2v) is 12.9. The molecule has 1 aliphatic carbocycles. The van der Waals surface area contributed by atoms with Gasteiger partial charge in [0, 0.05) is 38.2 Å². The van der Waals surface area contributed by atoms with E-state index in [9.17, 15) is 0 Å². The Morgan fingerprint density at radius 3 is 1.96 bits per heavy atom. The molecule has 0 saturated heterocycles. The lowest BCUT2D eigenvalue weighted by Crippen LogP contribution is -2.15. The SMILES string of the molecule is CC1(C)c2ccc3c4ccccc4n(-c4cccc5c4c4ccccc4n5-c4ccccc4)c3c2-c2ccc3ccccc3c21. The summed E-state index contributed by atoms with van der Waals surface area (Å²) in [4.78, 5) is 0. The molecule has 212 valence electrons. The number of benzene rings is 7. The largest absolute Gasteiger partial charge is 0.309 e. The maximum Gasteiger partial charge on any atom is 0.0622 e. The summed E-state index contributed by atoms with van der Waals surface area (Å²) in [7, 11) is 0. The summed E-state index contributed by atoms with van der Waals surface area (Å²) in [5, 5.41) is 7.76. The van der Waals surface area contributed by atoms with Crippen molar-refractivity contribution in [3.63, 3.8) is 0 Å². The van der Waals surface area contributed by atoms with Crippen LogP contribution in [0.25, 0.3) is 76.9 Å². The molecule has 45 heavy (non-hydrogen) atoms. The minimum Gasteiger partial charge on any atom is -0.309 e. The third-order valence-corrected chi connectivity index (χ3v) is 10.3. The van der Waals surface area contributed by atoms with Crippen molar-refractivity contribution in [1.82, 2.24) is 9.13 Å². The normalized spacial score (nSPS) is 13.7. The summed E-state index contributed by atoms with van der Waals surface area (Å²) in [5.41, 5.74) is 12.7. The molecule has 2 nitrogen and oxygen atoms in total. The summed E-state index contributed by atoms with van der Waals surface area (Å²) < 4.78 is 4.98. The number of fused-ring (bicyclic) bond motifs is 12. The fourth-order valence-electron chi connectivity index (χ4n) is 8.43. The van der Waals surface area contributed by atoms with Crippen molar-refractivity contribution < 1.29 is 0 Å². The van der Waals surface area contributed by atoms with Crippen LogP contribution in [0.4, 0.5) is 0 Å². The molecule has 0 saturated carbocycles. The molecule has 2 heteroatoms. The monoisotopic (exact) mass is 574 g/mol. The second-order valence-electron chi connectivity index (χ2n) is 12.9. The van der Waals surface area contributed by atoms with Crippen molar-refractivity contribution in [2.24, 2.45) is 0 Å². The second kappa shape index (κ2) is 8.74. The van der Waals surface area contributed by atoms with Crippen molar-refractivity contribution in [1.29, 1.82) is 0 Å². The molecule has 0 radical (unpaired) electrons. The molecule has 9 aromatic rings. The molecule has 0 atom stereocenters. The van der Waals surface area contributed by atoms with Gasteiger partial charge in [-0.1, -0.05) is 123 Å². The van der Waals surface area contributed by atoms with E-state index in [0.717, 1.165) is 0 Å². The maximum absolute atomic E-state index is 2.56. The summed E-state index contributed by atoms with van der Waals surface area (Å²) in [5.74, 6) is 0. The molecule has 0 fully saturated rings. The molecular weight excluding hydrogens is 544 g/mol. The number of rotatable bonds is 2. The van der Waals surface area contributed by atoms with Crippen LogP contribution in [-0.4, -0.2) is 9.13 Å². The molecule has 0 N–H and O–H groups in total. The van der Waals surface area contributed by atoms with E-state index in [0.29, 0.717) is 0 Å². The van der Waals surface area contributed by atoms with E-state index in [1.54, 1.807) is 0 Å². The number of aromatic nitrogens is 2. The van der Waals surface area contributed by atoms with Crippen molar-refractivity contribution in [3.05, 3.63) is 157 Å². The van der Waals surface area contributed by atoms with Crippen molar-refractivity contribution in [3.8, 4) is 22.5 Å². The van der Waals surface area contributed by atoms with Crippen molar-refractivity contribution in [2.75, 3.05) is 0 Å². The van der Waals surface area contributed by atoms with Crippen LogP contribution in [0.2, 0.25) is 0 Å². The number of hydrogen-bond acceptors (Lipinski definition) is 0. The first-order valence-corrected chi connectivity index (χ1v) is 15.8. The maximum atomic E-state index is 2.56. The molecule has 0 unspecified atom stereocenters. The van der Waals surface area contributed by atoms with Crippen molar-refractivity contribution >= 4 is 54.4 Å². The van der Waals surface area contributed by atoms with Gasteiger partial charge in [-0.2, -0.15) is 0 Å². The molecule has 10 rings (SSSR count). The highest BCUT2D eigenvalue weighted by molar-refractivity contribution is 6.20. The molecular formula is C43H30N2. The highest BCUT2D eigenvalue weighted by Crippen LogP contribution is 2.55. The van der Waals surface area contributed by atoms with Crippen LogP contribution in [-0.2, 0) is 5.41 Å². The zero-order valence-corrected chi connectivity index (χ0v) is 25.3. The molecule has 0 spiro atoms. The summed E-state index contributed by atoms with van der Waals surface area (Å²) >= 11 is 0. The van der Waals surface area contributed by atoms with Gasteiger partial charge in [-0.25, -0.2) is 0 Å². The van der Waals surface area contributed by atoms with Crippen LogP contribution >= 0.6 is 0 Å². The van der Waals surface area contributed by atoms with Gasteiger partial charge < -0.3 is 9.13 Å². The average Bonchev–Trinajstić information content (AvgIpc) is 3.69. The number of nitrogens with zero attached hydrogens (tertiary/aromatic N) is 2. The van der Waals surface area contributed by atoms with Gasteiger partial charge in [0.2, 0.25) is 0 Å². The third-order valence-electron chi connectivity index (χ3n) is 10.3. The van der Waals surface area contributed by atoms with E-state index >= 15 is 0 Å². The minimum atomic E-state index is -0.129. The fraction of sp³-hybridized carbons (Fsp3) is 0.0698.